The van der Waals surface area contributed by atoms with E-state index in [0.717, 1.165) is 16.8 Å². The number of benzene rings is 2. The standard InChI is InChI=1S/C23H23FN2O3/c1-28-21-11-6-16(13-22(21)29-2)15-26-23(27)20(14-19-5-3-4-12-25-19)17-7-9-18(24)10-8-17/h3-13,20H,14-15H2,1-2H3,(H,26,27). The summed E-state index contributed by atoms with van der Waals surface area (Å²) < 4.78 is 23.9. The van der Waals surface area contributed by atoms with Crippen molar-refractivity contribution in [2.24, 2.45) is 0 Å². The molecule has 2 aromatic carbocycles. The SMILES string of the molecule is COc1ccc(CNC(=O)C(Cc2ccccn2)c2ccc(F)cc2)cc1OC. The number of rotatable bonds is 8. The molecular weight excluding hydrogens is 371 g/mol. The normalized spacial score (nSPS) is 11.6. The van der Waals surface area contributed by atoms with E-state index in [2.05, 4.69) is 10.3 Å². The molecule has 0 saturated carbocycles. The third-order valence-electron chi connectivity index (χ3n) is 4.64. The number of pyridine rings is 1. The van der Waals surface area contributed by atoms with Crippen molar-refractivity contribution in [3.8, 4) is 11.5 Å². The van der Waals surface area contributed by atoms with Crippen molar-refractivity contribution in [2.75, 3.05) is 14.2 Å². The second-order valence-electron chi connectivity index (χ2n) is 6.54. The summed E-state index contributed by atoms with van der Waals surface area (Å²) >= 11 is 0. The lowest BCUT2D eigenvalue weighted by molar-refractivity contribution is -0.122. The van der Waals surface area contributed by atoms with Gasteiger partial charge in [-0.2, -0.15) is 0 Å². The quantitative estimate of drug-likeness (QED) is 0.630. The summed E-state index contributed by atoms with van der Waals surface area (Å²) in [5, 5.41) is 2.96. The lowest BCUT2D eigenvalue weighted by Gasteiger charge is -2.18. The summed E-state index contributed by atoms with van der Waals surface area (Å²) in [5.74, 6) is 0.253. The van der Waals surface area contributed by atoms with Gasteiger partial charge >= 0.3 is 0 Å². The van der Waals surface area contributed by atoms with Gasteiger partial charge in [0.15, 0.2) is 11.5 Å². The van der Waals surface area contributed by atoms with Gasteiger partial charge in [-0.15, -0.1) is 0 Å². The van der Waals surface area contributed by atoms with Crippen molar-refractivity contribution < 1.29 is 18.7 Å². The van der Waals surface area contributed by atoms with Crippen LogP contribution in [0.3, 0.4) is 0 Å². The van der Waals surface area contributed by atoms with E-state index >= 15 is 0 Å². The number of nitrogens with zero attached hydrogens (tertiary/aromatic N) is 1. The first-order valence-electron chi connectivity index (χ1n) is 9.24. The molecule has 0 saturated heterocycles. The fourth-order valence-corrected chi connectivity index (χ4v) is 3.09. The van der Waals surface area contributed by atoms with Crippen LogP contribution >= 0.6 is 0 Å². The topological polar surface area (TPSA) is 60.5 Å². The molecule has 0 fully saturated rings. The molecule has 5 nitrogen and oxygen atoms in total. The second-order valence-corrected chi connectivity index (χ2v) is 6.54. The van der Waals surface area contributed by atoms with Crippen molar-refractivity contribution in [1.29, 1.82) is 0 Å². The number of carbonyl (C=O) groups excluding carboxylic acids is 1. The van der Waals surface area contributed by atoms with Gasteiger partial charge in [-0.25, -0.2) is 4.39 Å². The van der Waals surface area contributed by atoms with E-state index in [1.807, 2.05) is 30.3 Å². The highest BCUT2D eigenvalue weighted by Crippen LogP contribution is 2.27. The van der Waals surface area contributed by atoms with Crippen LogP contribution in [0.2, 0.25) is 0 Å². The van der Waals surface area contributed by atoms with E-state index in [9.17, 15) is 9.18 Å². The number of hydrogen-bond acceptors (Lipinski definition) is 4. The molecule has 3 aromatic rings. The number of nitrogens with one attached hydrogen (secondary N) is 1. The zero-order chi connectivity index (χ0) is 20.6. The molecule has 1 atom stereocenters. The Kier molecular flexibility index (Phi) is 6.79. The Labute approximate surface area is 169 Å². The monoisotopic (exact) mass is 394 g/mol. The molecule has 1 amide bonds. The third-order valence-corrected chi connectivity index (χ3v) is 4.64. The highest BCUT2D eigenvalue weighted by molar-refractivity contribution is 5.84. The summed E-state index contributed by atoms with van der Waals surface area (Å²) in [6.45, 7) is 0.332. The van der Waals surface area contributed by atoms with Gasteiger partial charge in [0.1, 0.15) is 5.82 Å². The molecule has 0 aliphatic heterocycles. The third kappa shape index (κ3) is 5.31. The number of amides is 1. The Morgan fingerprint density at radius 3 is 2.45 bits per heavy atom. The van der Waals surface area contributed by atoms with Crippen molar-refractivity contribution in [3.63, 3.8) is 0 Å². The molecule has 0 aliphatic carbocycles. The van der Waals surface area contributed by atoms with E-state index in [1.165, 1.54) is 12.1 Å². The van der Waals surface area contributed by atoms with Crippen LogP contribution in [-0.2, 0) is 17.8 Å². The van der Waals surface area contributed by atoms with Gasteiger partial charge in [-0.1, -0.05) is 24.3 Å². The number of aromatic nitrogens is 1. The van der Waals surface area contributed by atoms with Gasteiger partial charge in [0.2, 0.25) is 5.91 Å². The maximum atomic E-state index is 13.3. The summed E-state index contributed by atoms with van der Waals surface area (Å²) in [6.07, 6.45) is 2.11. The fourth-order valence-electron chi connectivity index (χ4n) is 3.09. The Bertz CT molecular complexity index is 946. The van der Waals surface area contributed by atoms with E-state index < -0.39 is 5.92 Å². The average Bonchev–Trinajstić information content (AvgIpc) is 2.77. The molecule has 0 spiro atoms. The first-order valence-corrected chi connectivity index (χ1v) is 9.24. The lowest BCUT2D eigenvalue weighted by Crippen LogP contribution is -2.30. The number of methoxy groups -OCH3 is 2. The van der Waals surface area contributed by atoms with Gasteiger partial charge in [-0.3, -0.25) is 9.78 Å². The van der Waals surface area contributed by atoms with Crippen LogP contribution in [-0.4, -0.2) is 25.1 Å². The van der Waals surface area contributed by atoms with Gasteiger partial charge in [0, 0.05) is 24.9 Å². The summed E-state index contributed by atoms with van der Waals surface area (Å²) in [4.78, 5) is 17.3. The predicted octanol–water partition coefficient (Wildman–Crippen LogP) is 3.88. The first kappa shape index (κ1) is 20.3. The molecule has 1 unspecified atom stereocenters. The van der Waals surface area contributed by atoms with Crippen LogP contribution in [0, 0.1) is 5.82 Å². The Balaban J connectivity index is 1.76. The molecule has 3 rings (SSSR count). The molecule has 29 heavy (non-hydrogen) atoms. The molecule has 1 aromatic heterocycles. The van der Waals surface area contributed by atoms with E-state index in [1.54, 1.807) is 38.6 Å². The minimum Gasteiger partial charge on any atom is -0.493 e. The molecule has 150 valence electrons. The molecular formula is C23H23FN2O3. The zero-order valence-electron chi connectivity index (χ0n) is 16.4. The van der Waals surface area contributed by atoms with Crippen LogP contribution < -0.4 is 14.8 Å². The first-order chi connectivity index (χ1) is 14.1. The number of ether oxygens (including phenoxy) is 2. The fraction of sp³-hybridized carbons (Fsp3) is 0.217. The molecule has 1 heterocycles. The van der Waals surface area contributed by atoms with Crippen LogP contribution in [0.25, 0.3) is 0 Å². The van der Waals surface area contributed by atoms with Crippen molar-refractivity contribution in [1.82, 2.24) is 10.3 Å². The Morgan fingerprint density at radius 2 is 1.79 bits per heavy atom. The minimum atomic E-state index is -0.481. The van der Waals surface area contributed by atoms with Gasteiger partial charge in [0.25, 0.3) is 0 Å². The van der Waals surface area contributed by atoms with E-state index in [-0.39, 0.29) is 11.7 Å². The molecule has 0 aliphatic rings. The second kappa shape index (κ2) is 9.68. The van der Waals surface area contributed by atoms with Gasteiger partial charge in [0.05, 0.1) is 20.1 Å². The van der Waals surface area contributed by atoms with Gasteiger partial charge < -0.3 is 14.8 Å². The number of halogens is 1. The highest BCUT2D eigenvalue weighted by atomic mass is 19.1. The molecule has 6 heteroatoms. The smallest absolute Gasteiger partial charge is 0.228 e. The Morgan fingerprint density at radius 1 is 1.03 bits per heavy atom. The molecule has 1 N–H and O–H groups in total. The minimum absolute atomic E-state index is 0.156. The van der Waals surface area contributed by atoms with Crippen LogP contribution in [0.1, 0.15) is 22.7 Å². The molecule has 0 radical (unpaired) electrons. The lowest BCUT2D eigenvalue weighted by atomic mass is 9.93. The Hall–Kier alpha value is -3.41. The summed E-state index contributed by atoms with van der Waals surface area (Å²) in [6, 6.07) is 17.1. The van der Waals surface area contributed by atoms with Crippen molar-refractivity contribution >= 4 is 5.91 Å². The largest absolute Gasteiger partial charge is 0.493 e. The van der Waals surface area contributed by atoms with Gasteiger partial charge in [-0.05, 0) is 47.5 Å². The maximum absolute atomic E-state index is 13.3. The average molecular weight is 394 g/mol. The number of carbonyl (C=O) groups is 1. The predicted molar refractivity (Wildman–Crippen MR) is 108 cm³/mol. The molecule has 0 bridgehead atoms. The maximum Gasteiger partial charge on any atom is 0.228 e. The van der Waals surface area contributed by atoms with Crippen LogP contribution in [0.15, 0.2) is 66.9 Å². The zero-order valence-corrected chi connectivity index (χ0v) is 16.4. The summed E-state index contributed by atoms with van der Waals surface area (Å²) in [5.41, 5.74) is 2.41. The van der Waals surface area contributed by atoms with Crippen LogP contribution in [0.5, 0.6) is 11.5 Å². The summed E-state index contributed by atoms with van der Waals surface area (Å²) in [7, 11) is 3.14. The van der Waals surface area contributed by atoms with Crippen LogP contribution in [0.4, 0.5) is 4.39 Å². The number of hydrogen-bond donors (Lipinski definition) is 1. The highest BCUT2D eigenvalue weighted by Gasteiger charge is 2.22. The van der Waals surface area contributed by atoms with E-state index in [0.29, 0.717) is 24.5 Å². The van der Waals surface area contributed by atoms with Crippen molar-refractivity contribution in [2.45, 2.75) is 18.9 Å². The van der Waals surface area contributed by atoms with Crippen molar-refractivity contribution in [3.05, 3.63) is 89.5 Å². The van der Waals surface area contributed by atoms with E-state index in [4.69, 9.17) is 9.47 Å².